The Morgan fingerprint density at radius 3 is 2.86 bits per heavy atom. The lowest BCUT2D eigenvalue weighted by Crippen LogP contribution is -2.12. The SMILES string of the molecule is COCc1nnc2sc(C(N)CCc3ccccc3)nn12. The second-order valence-corrected chi connectivity index (χ2v) is 5.80. The number of ether oxygens (including phenoxy) is 1. The van der Waals surface area contributed by atoms with Gasteiger partial charge in [-0.05, 0) is 18.4 Å². The van der Waals surface area contributed by atoms with Crippen LogP contribution in [0.15, 0.2) is 30.3 Å². The summed E-state index contributed by atoms with van der Waals surface area (Å²) in [6.45, 7) is 0.392. The van der Waals surface area contributed by atoms with Crippen LogP contribution in [-0.4, -0.2) is 26.9 Å². The summed E-state index contributed by atoms with van der Waals surface area (Å²) < 4.78 is 6.79. The van der Waals surface area contributed by atoms with Gasteiger partial charge in [0.05, 0.1) is 6.04 Å². The number of rotatable bonds is 6. The minimum Gasteiger partial charge on any atom is -0.377 e. The molecule has 0 saturated carbocycles. The third kappa shape index (κ3) is 3.10. The van der Waals surface area contributed by atoms with Gasteiger partial charge in [0.1, 0.15) is 11.6 Å². The molecule has 0 aliphatic rings. The molecular formula is C14H17N5OS. The van der Waals surface area contributed by atoms with Gasteiger partial charge in [-0.2, -0.15) is 9.61 Å². The molecule has 7 heteroatoms. The van der Waals surface area contributed by atoms with E-state index in [0.717, 1.165) is 22.8 Å². The van der Waals surface area contributed by atoms with Crippen molar-refractivity contribution in [3.8, 4) is 0 Å². The van der Waals surface area contributed by atoms with Crippen LogP contribution in [-0.2, 0) is 17.8 Å². The van der Waals surface area contributed by atoms with Crippen LogP contribution in [0.4, 0.5) is 0 Å². The Hall–Kier alpha value is -1.83. The molecule has 110 valence electrons. The predicted molar refractivity (Wildman–Crippen MR) is 81.1 cm³/mol. The Balaban J connectivity index is 1.71. The molecule has 2 aromatic heterocycles. The third-order valence-corrected chi connectivity index (χ3v) is 4.28. The van der Waals surface area contributed by atoms with E-state index in [-0.39, 0.29) is 6.04 Å². The minimum atomic E-state index is -0.0905. The first kappa shape index (κ1) is 14.1. The number of fused-ring (bicyclic) bond motifs is 1. The van der Waals surface area contributed by atoms with Crippen molar-refractivity contribution >= 4 is 16.3 Å². The van der Waals surface area contributed by atoms with Crippen molar-refractivity contribution in [3.63, 3.8) is 0 Å². The zero-order valence-electron chi connectivity index (χ0n) is 11.8. The minimum absolute atomic E-state index is 0.0905. The van der Waals surface area contributed by atoms with E-state index < -0.39 is 0 Å². The van der Waals surface area contributed by atoms with Gasteiger partial charge in [0.2, 0.25) is 4.96 Å². The van der Waals surface area contributed by atoms with Crippen molar-refractivity contribution < 1.29 is 4.74 Å². The molecule has 0 bridgehead atoms. The number of hydrogen-bond donors (Lipinski definition) is 1. The van der Waals surface area contributed by atoms with E-state index in [1.165, 1.54) is 16.9 Å². The van der Waals surface area contributed by atoms with Gasteiger partial charge in [0, 0.05) is 7.11 Å². The van der Waals surface area contributed by atoms with E-state index in [1.54, 1.807) is 11.6 Å². The maximum Gasteiger partial charge on any atom is 0.234 e. The lowest BCUT2D eigenvalue weighted by Gasteiger charge is -2.07. The second kappa shape index (κ2) is 6.30. The quantitative estimate of drug-likeness (QED) is 0.753. The van der Waals surface area contributed by atoms with E-state index in [0.29, 0.717) is 12.4 Å². The van der Waals surface area contributed by atoms with E-state index in [4.69, 9.17) is 10.5 Å². The highest BCUT2D eigenvalue weighted by atomic mass is 32.1. The first-order valence-corrected chi connectivity index (χ1v) is 7.59. The van der Waals surface area contributed by atoms with Gasteiger partial charge in [-0.3, -0.25) is 0 Å². The van der Waals surface area contributed by atoms with Gasteiger partial charge in [0.25, 0.3) is 0 Å². The molecule has 0 aliphatic carbocycles. The van der Waals surface area contributed by atoms with Crippen molar-refractivity contribution in [2.24, 2.45) is 5.73 Å². The zero-order chi connectivity index (χ0) is 14.7. The highest BCUT2D eigenvalue weighted by Crippen LogP contribution is 2.22. The molecule has 0 amide bonds. The number of aromatic nitrogens is 4. The van der Waals surface area contributed by atoms with Gasteiger partial charge in [0.15, 0.2) is 5.82 Å². The van der Waals surface area contributed by atoms with E-state index >= 15 is 0 Å². The average Bonchev–Trinajstić information content (AvgIpc) is 3.08. The summed E-state index contributed by atoms with van der Waals surface area (Å²) in [5, 5.41) is 13.5. The Morgan fingerprint density at radius 1 is 1.29 bits per heavy atom. The molecule has 1 unspecified atom stereocenters. The van der Waals surface area contributed by atoms with Crippen molar-refractivity contribution in [2.45, 2.75) is 25.5 Å². The lowest BCUT2D eigenvalue weighted by molar-refractivity contribution is 0.176. The third-order valence-electron chi connectivity index (χ3n) is 3.25. The number of nitrogens with two attached hydrogens (primary N) is 1. The molecule has 0 saturated heterocycles. The molecule has 3 rings (SSSR count). The van der Waals surface area contributed by atoms with Gasteiger partial charge in [-0.1, -0.05) is 41.7 Å². The van der Waals surface area contributed by atoms with Crippen LogP contribution >= 0.6 is 11.3 Å². The molecule has 3 aromatic rings. The van der Waals surface area contributed by atoms with E-state index in [2.05, 4.69) is 27.4 Å². The largest absolute Gasteiger partial charge is 0.377 e. The molecule has 0 spiro atoms. The molecule has 0 fully saturated rings. The number of benzene rings is 1. The second-order valence-electron chi connectivity index (χ2n) is 4.81. The molecule has 6 nitrogen and oxygen atoms in total. The van der Waals surface area contributed by atoms with E-state index in [1.807, 2.05) is 18.2 Å². The molecule has 0 aliphatic heterocycles. The zero-order valence-corrected chi connectivity index (χ0v) is 12.6. The van der Waals surface area contributed by atoms with Crippen LogP contribution in [0, 0.1) is 0 Å². The summed E-state index contributed by atoms with van der Waals surface area (Å²) in [6.07, 6.45) is 1.79. The molecule has 0 radical (unpaired) electrons. The summed E-state index contributed by atoms with van der Waals surface area (Å²) >= 11 is 1.48. The maximum atomic E-state index is 6.25. The van der Waals surface area contributed by atoms with Gasteiger partial charge < -0.3 is 10.5 Å². The molecule has 21 heavy (non-hydrogen) atoms. The fourth-order valence-electron chi connectivity index (χ4n) is 2.13. The Kier molecular flexibility index (Phi) is 4.23. The smallest absolute Gasteiger partial charge is 0.234 e. The highest BCUT2D eigenvalue weighted by Gasteiger charge is 2.16. The van der Waals surface area contributed by atoms with Crippen LogP contribution < -0.4 is 5.73 Å². The van der Waals surface area contributed by atoms with Crippen molar-refractivity contribution in [2.75, 3.05) is 7.11 Å². The normalized spacial score (nSPS) is 12.9. The van der Waals surface area contributed by atoms with Gasteiger partial charge in [-0.25, -0.2) is 0 Å². The van der Waals surface area contributed by atoms with Gasteiger partial charge in [-0.15, -0.1) is 10.2 Å². The molecule has 2 heterocycles. The first-order valence-electron chi connectivity index (χ1n) is 6.77. The van der Waals surface area contributed by atoms with Crippen LogP contribution in [0.5, 0.6) is 0 Å². The summed E-state index contributed by atoms with van der Waals surface area (Å²) in [4.78, 5) is 0.757. The first-order chi connectivity index (χ1) is 10.3. The number of nitrogens with zero attached hydrogens (tertiary/aromatic N) is 4. The topological polar surface area (TPSA) is 78.3 Å². The van der Waals surface area contributed by atoms with Crippen molar-refractivity contribution in [1.82, 2.24) is 19.8 Å². The molecule has 2 N–H and O–H groups in total. The average molecular weight is 303 g/mol. The number of aryl methyl sites for hydroxylation is 1. The standard InChI is InChI=1S/C14H17N5OS/c1-20-9-12-16-17-14-19(12)18-13(21-14)11(15)8-7-10-5-3-2-4-6-10/h2-6,11H,7-9,15H2,1H3. The van der Waals surface area contributed by atoms with Crippen LogP contribution in [0.3, 0.4) is 0 Å². The van der Waals surface area contributed by atoms with Crippen LogP contribution in [0.1, 0.15) is 28.9 Å². The molecule has 1 aromatic carbocycles. The predicted octanol–water partition coefficient (Wildman–Crippen LogP) is 1.96. The summed E-state index contributed by atoms with van der Waals surface area (Å²) in [6, 6.07) is 10.2. The van der Waals surface area contributed by atoms with Crippen LogP contribution in [0.2, 0.25) is 0 Å². The monoisotopic (exact) mass is 303 g/mol. The van der Waals surface area contributed by atoms with Crippen molar-refractivity contribution in [1.29, 1.82) is 0 Å². The molecular weight excluding hydrogens is 286 g/mol. The molecule has 1 atom stereocenters. The van der Waals surface area contributed by atoms with Crippen molar-refractivity contribution in [3.05, 3.63) is 46.7 Å². The Morgan fingerprint density at radius 2 is 2.10 bits per heavy atom. The lowest BCUT2D eigenvalue weighted by atomic mass is 10.1. The fraction of sp³-hybridized carbons (Fsp3) is 0.357. The summed E-state index contributed by atoms with van der Waals surface area (Å²) in [7, 11) is 1.62. The maximum absolute atomic E-state index is 6.25. The highest BCUT2D eigenvalue weighted by molar-refractivity contribution is 7.16. The number of hydrogen-bond acceptors (Lipinski definition) is 6. The van der Waals surface area contributed by atoms with E-state index in [9.17, 15) is 0 Å². The summed E-state index contributed by atoms with van der Waals surface area (Å²) in [5.41, 5.74) is 7.53. The van der Waals surface area contributed by atoms with Gasteiger partial charge >= 0.3 is 0 Å². The van der Waals surface area contributed by atoms with Crippen LogP contribution in [0.25, 0.3) is 4.96 Å². The summed E-state index contributed by atoms with van der Waals surface area (Å²) in [5.74, 6) is 0.699. The Labute approximate surface area is 126 Å². The fourth-order valence-corrected chi connectivity index (χ4v) is 3.02. The number of methoxy groups -OCH3 is 1. The Bertz CT molecular complexity index is 709.